The number of aryl methyl sites for hydroxylation is 2. The van der Waals surface area contributed by atoms with Crippen molar-refractivity contribution in [2.24, 2.45) is 0 Å². The van der Waals surface area contributed by atoms with Crippen LogP contribution in [0.25, 0.3) is 10.9 Å². The second-order valence-corrected chi connectivity index (χ2v) is 5.29. The molecule has 0 atom stereocenters. The Morgan fingerprint density at radius 3 is 2.96 bits per heavy atom. The molecule has 0 aliphatic rings. The summed E-state index contributed by atoms with van der Waals surface area (Å²) in [6, 6.07) is 8.83. The monoisotopic (exact) mass is 311 g/mol. The molecule has 0 saturated carbocycles. The number of benzene rings is 1. The highest BCUT2D eigenvalue weighted by atomic mass is 16.6. The number of nitro groups is 1. The number of rotatable bonds is 6. The van der Waals surface area contributed by atoms with Crippen molar-refractivity contribution in [3.05, 3.63) is 58.5 Å². The van der Waals surface area contributed by atoms with E-state index in [1.54, 1.807) is 12.3 Å². The smallest absolute Gasteiger partial charge is 0.295 e. The van der Waals surface area contributed by atoms with Gasteiger partial charge >= 0.3 is 0 Å². The number of non-ortho nitro benzene ring substituents is 1. The van der Waals surface area contributed by atoms with Crippen LogP contribution in [0.4, 0.5) is 11.4 Å². The minimum atomic E-state index is -0.393. The van der Waals surface area contributed by atoms with Crippen LogP contribution < -0.4 is 5.32 Å². The molecule has 1 aromatic carbocycles. The van der Waals surface area contributed by atoms with Gasteiger partial charge in [0.1, 0.15) is 0 Å². The first-order chi connectivity index (χ1) is 11.1. The van der Waals surface area contributed by atoms with Gasteiger partial charge in [0, 0.05) is 48.3 Å². The third-order valence-electron chi connectivity index (χ3n) is 3.58. The molecule has 0 aliphatic heterocycles. The van der Waals surface area contributed by atoms with E-state index in [0.717, 1.165) is 36.3 Å². The lowest BCUT2D eigenvalue weighted by Gasteiger charge is -2.11. The zero-order chi connectivity index (χ0) is 16.2. The van der Waals surface area contributed by atoms with Gasteiger partial charge in [0.05, 0.1) is 4.92 Å². The number of fused-ring (bicyclic) bond motifs is 1. The zero-order valence-corrected chi connectivity index (χ0v) is 12.8. The van der Waals surface area contributed by atoms with Crippen LogP contribution in [-0.2, 0) is 6.54 Å². The number of pyridine rings is 1. The Kier molecular flexibility index (Phi) is 4.18. The fourth-order valence-electron chi connectivity index (χ4n) is 2.55. The molecule has 1 N–H and O–H groups in total. The molecule has 0 fully saturated rings. The Morgan fingerprint density at radius 1 is 1.35 bits per heavy atom. The van der Waals surface area contributed by atoms with E-state index in [2.05, 4.69) is 15.4 Å². The molecule has 118 valence electrons. The lowest BCUT2D eigenvalue weighted by Crippen LogP contribution is -2.08. The van der Waals surface area contributed by atoms with Crippen LogP contribution in [0, 0.1) is 17.0 Å². The molecule has 0 amide bonds. The average molecular weight is 311 g/mol. The Hall–Kier alpha value is -2.96. The molecule has 3 rings (SSSR count). The van der Waals surface area contributed by atoms with Crippen molar-refractivity contribution >= 4 is 22.3 Å². The van der Waals surface area contributed by atoms with Crippen LogP contribution in [0.1, 0.15) is 12.1 Å². The van der Waals surface area contributed by atoms with Gasteiger partial charge in [-0.3, -0.25) is 14.8 Å². The van der Waals surface area contributed by atoms with Gasteiger partial charge in [-0.1, -0.05) is 12.1 Å². The molecular weight excluding hydrogens is 294 g/mol. The number of nitrogens with zero attached hydrogens (tertiary/aromatic N) is 4. The average Bonchev–Trinajstić information content (AvgIpc) is 3.04. The van der Waals surface area contributed by atoms with E-state index in [-0.39, 0.29) is 5.69 Å². The molecule has 7 nitrogen and oxygen atoms in total. The van der Waals surface area contributed by atoms with Crippen molar-refractivity contribution in [3.8, 4) is 0 Å². The second-order valence-electron chi connectivity index (χ2n) is 5.29. The molecule has 0 radical (unpaired) electrons. The zero-order valence-electron chi connectivity index (χ0n) is 12.8. The maximum Gasteiger partial charge on any atom is 0.295 e. The molecule has 0 aliphatic carbocycles. The van der Waals surface area contributed by atoms with E-state index in [0.29, 0.717) is 5.52 Å². The van der Waals surface area contributed by atoms with Crippen LogP contribution in [0.3, 0.4) is 0 Å². The number of hydrogen-bond acceptors (Lipinski definition) is 5. The molecule has 2 heterocycles. The van der Waals surface area contributed by atoms with Gasteiger partial charge in [-0.05, 0) is 25.5 Å². The predicted octanol–water partition coefficient (Wildman–Crippen LogP) is 3.15. The highest BCUT2D eigenvalue weighted by Crippen LogP contribution is 2.29. The molecule has 23 heavy (non-hydrogen) atoms. The normalized spacial score (nSPS) is 10.8. The predicted molar refractivity (Wildman–Crippen MR) is 88.5 cm³/mol. The van der Waals surface area contributed by atoms with Crippen molar-refractivity contribution < 1.29 is 4.92 Å². The molecule has 0 unspecified atom stereocenters. The summed E-state index contributed by atoms with van der Waals surface area (Å²) in [5.74, 6) is 0. The van der Waals surface area contributed by atoms with Gasteiger partial charge in [-0.15, -0.1) is 0 Å². The fraction of sp³-hybridized carbons (Fsp3) is 0.250. The first-order valence-electron chi connectivity index (χ1n) is 7.41. The summed E-state index contributed by atoms with van der Waals surface area (Å²) in [5.41, 5.74) is 2.08. The van der Waals surface area contributed by atoms with Crippen molar-refractivity contribution in [1.82, 2.24) is 14.8 Å². The van der Waals surface area contributed by atoms with Crippen LogP contribution >= 0.6 is 0 Å². The lowest BCUT2D eigenvalue weighted by atomic mass is 10.1. The van der Waals surface area contributed by atoms with E-state index < -0.39 is 4.92 Å². The first kappa shape index (κ1) is 15.0. The van der Waals surface area contributed by atoms with Gasteiger partial charge < -0.3 is 5.32 Å². The number of aromatic nitrogens is 3. The van der Waals surface area contributed by atoms with Gasteiger partial charge in [-0.25, -0.2) is 4.98 Å². The third kappa shape index (κ3) is 3.28. The van der Waals surface area contributed by atoms with Gasteiger partial charge in [0.15, 0.2) is 5.52 Å². The summed E-state index contributed by atoms with van der Waals surface area (Å²) >= 11 is 0. The standard InChI is InChI=1S/C16H17N5O2/c1-12-11-14(17-7-3-9-20-10-4-8-18-20)13-5-2-6-15(21(22)23)16(13)19-12/h2,4-6,8,10-11H,3,7,9H2,1H3,(H,17,19). The maximum absolute atomic E-state index is 11.2. The largest absolute Gasteiger partial charge is 0.384 e. The number of nitro benzene ring substituents is 1. The van der Waals surface area contributed by atoms with Crippen LogP contribution in [0.15, 0.2) is 42.7 Å². The second kappa shape index (κ2) is 6.43. The minimum absolute atomic E-state index is 0.0331. The highest BCUT2D eigenvalue weighted by Gasteiger charge is 2.15. The van der Waals surface area contributed by atoms with E-state index in [1.807, 2.05) is 36.0 Å². The third-order valence-corrected chi connectivity index (χ3v) is 3.58. The quantitative estimate of drug-likeness (QED) is 0.429. The van der Waals surface area contributed by atoms with Gasteiger partial charge in [-0.2, -0.15) is 5.10 Å². The first-order valence-corrected chi connectivity index (χ1v) is 7.41. The molecule has 2 aromatic heterocycles. The topological polar surface area (TPSA) is 85.9 Å². The Labute approximate surface area is 133 Å². The summed E-state index contributed by atoms with van der Waals surface area (Å²) in [4.78, 5) is 15.1. The van der Waals surface area contributed by atoms with E-state index in [1.165, 1.54) is 6.07 Å². The van der Waals surface area contributed by atoms with Crippen LogP contribution in [0.2, 0.25) is 0 Å². The Bertz CT molecular complexity index is 830. The summed E-state index contributed by atoms with van der Waals surface area (Å²) in [7, 11) is 0. The molecular formula is C16H17N5O2. The maximum atomic E-state index is 11.2. The molecule has 0 saturated heterocycles. The van der Waals surface area contributed by atoms with Gasteiger partial charge in [0.25, 0.3) is 5.69 Å². The summed E-state index contributed by atoms with van der Waals surface area (Å²) in [5, 5.41) is 19.4. The van der Waals surface area contributed by atoms with Crippen LogP contribution in [-0.4, -0.2) is 26.2 Å². The van der Waals surface area contributed by atoms with E-state index >= 15 is 0 Å². The van der Waals surface area contributed by atoms with Gasteiger partial charge in [0.2, 0.25) is 0 Å². The Morgan fingerprint density at radius 2 is 2.22 bits per heavy atom. The number of anilines is 1. The highest BCUT2D eigenvalue weighted by molar-refractivity contribution is 5.96. The summed E-state index contributed by atoms with van der Waals surface area (Å²) in [6.07, 6.45) is 4.58. The van der Waals surface area contributed by atoms with Crippen molar-refractivity contribution in [1.29, 1.82) is 0 Å². The molecule has 3 aromatic rings. The van der Waals surface area contributed by atoms with Crippen molar-refractivity contribution in [2.45, 2.75) is 19.9 Å². The number of para-hydroxylation sites is 1. The summed E-state index contributed by atoms with van der Waals surface area (Å²) in [6.45, 7) is 3.41. The molecule has 0 spiro atoms. The number of nitrogens with one attached hydrogen (secondary N) is 1. The SMILES string of the molecule is Cc1cc(NCCCn2cccn2)c2cccc([N+](=O)[O-])c2n1. The lowest BCUT2D eigenvalue weighted by molar-refractivity contribution is -0.383. The van der Waals surface area contributed by atoms with Crippen molar-refractivity contribution in [3.63, 3.8) is 0 Å². The molecule has 7 heteroatoms. The Balaban J connectivity index is 1.80. The minimum Gasteiger partial charge on any atom is -0.384 e. The van der Waals surface area contributed by atoms with E-state index in [4.69, 9.17) is 0 Å². The van der Waals surface area contributed by atoms with Crippen LogP contribution in [0.5, 0.6) is 0 Å². The van der Waals surface area contributed by atoms with Crippen molar-refractivity contribution in [2.75, 3.05) is 11.9 Å². The number of hydrogen-bond donors (Lipinski definition) is 1. The fourth-order valence-corrected chi connectivity index (χ4v) is 2.55. The summed E-state index contributed by atoms with van der Waals surface area (Å²) < 4.78 is 1.88. The molecule has 0 bridgehead atoms. The van der Waals surface area contributed by atoms with E-state index in [9.17, 15) is 10.1 Å².